The van der Waals surface area contributed by atoms with Crippen LogP contribution in [0.5, 0.6) is 11.5 Å². The number of benzene rings is 1. The van der Waals surface area contributed by atoms with Gasteiger partial charge in [-0.3, -0.25) is 0 Å². The Labute approximate surface area is 89.9 Å². The van der Waals surface area contributed by atoms with E-state index in [2.05, 4.69) is 15.9 Å². The second-order valence-corrected chi connectivity index (χ2v) is 4.02. The second-order valence-electron chi connectivity index (χ2n) is 2.80. The maximum atomic E-state index is 5.67. The first-order chi connectivity index (χ1) is 6.29. The van der Waals surface area contributed by atoms with Crippen molar-refractivity contribution in [3.8, 4) is 11.5 Å². The molecule has 0 fully saturated rings. The predicted molar refractivity (Wildman–Crippen MR) is 54.8 cm³/mol. The predicted octanol–water partition coefficient (Wildman–Crippen LogP) is 2.83. The lowest BCUT2D eigenvalue weighted by Gasteiger charge is -2.25. The fourth-order valence-electron chi connectivity index (χ4n) is 1.17. The fourth-order valence-corrected chi connectivity index (χ4v) is 1.66. The summed E-state index contributed by atoms with van der Waals surface area (Å²) in [5.41, 5.74) is 0. The summed E-state index contributed by atoms with van der Waals surface area (Å²) in [6, 6.07) is 5.68. The molecule has 4 heteroatoms. The average molecular weight is 264 g/mol. The maximum absolute atomic E-state index is 5.67. The zero-order valence-corrected chi connectivity index (χ0v) is 9.14. The van der Waals surface area contributed by atoms with Gasteiger partial charge in [-0.15, -0.1) is 11.6 Å². The van der Waals surface area contributed by atoms with Gasteiger partial charge in [-0.05, 0) is 18.2 Å². The number of halogens is 2. The molecule has 0 radical (unpaired) electrons. The summed E-state index contributed by atoms with van der Waals surface area (Å²) in [7, 11) is 0. The van der Waals surface area contributed by atoms with Crippen molar-refractivity contribution in [3.05, 3.63) is 22.7 Å². The number of fused-ring (bicyclic) bond motifs is 1. The van der Waals surface area contributed by atoms with Crippen molar-refractivity contribution in [2.75, 3.05) is 12.5 Å². The van der Waals surface area contributed by atoms with Gasteiger partial charge in [0.25, 0.3) is 0 Å². The molecule has 1 aliphatic heterocycles. The molecule has 0 saturated heterocycles. The summed E-state index contributed by atoms with van der Waals surface area (Å²) in [6.07, 6.45) is -0.0385. The minimum absolute atomic E-state index is 0.0385. The highest BCUT2D eigenvalue weighted by Crippen LogP contribution is 2.34. The van der Waals surface area contributed by atoms with Gasteiger partial charge in [0.05, 0.1) is 5.88 Å². The second kappa shape index (κ2) is 3.76. The molecular formula is C9H8BrClO2. The Morgan fingerprint density at radius 2 is 2.31 bits per heavy atom. The molecule has 1 aromatic carbocycles. The maximum Gasteiger partial charge on any atom is 0.162 e. The average Bonchev–Trinajstić information content (AvgIpc) is 2.16. The lowest BCUT2D eigenvalue weighted by molar-refractivity contribution is 0.106. The van der Waals surface area contributed by atoms with E-state index in [1.165, 1.54) is 0 Å². The minimum atomic E-state index is -0.0385. The number of hydrogen-bond donors (Lipinski definition) is 0. The van der Waals surface area contributed by atoms with E-state index in [1.54, 1.807) is 0 Å². The molecule has 0 aromatic heterocycles. The third-order valence-corrected chi connectivity index (χ3v) is 2.63. The van der Waals surface area contributed by atoms with Crippen molar-refractivity contribution in [2.45, 2.75) is 6.10 Å². The molecular weight excluding hydrogens is 255 g/mol. The molecule has 1 aliphatic rings. The van der Waals surface area contributed by atoms with Crippen LogP contribution in [0.15, 0.2) is 22.7 Å². The van der Waals surface area contributed by atoms with Gasteiger partial charge in [0.15, 0.2) is 11.5 Å². The molecule has 0 spiro atoms. The number of alkyl halides is 1. The van der Waals surface area contributed by atoms with Crippen molar-refractivity contribution >= 4 is 27.5 Å². The first-order valence-electron chi connectivity index (χ1n) is 3.94. The monoisotopic (exact) mass is 262 g/mol. The van der Waals surface area contributed by atoms with Crippen LogP contribution < -0.4 is 9.47 Å². The Hall–Kier alpha value is -0.410. The molecule has 0 aliphatic carbocycles. The first-order valence-corrected chi connectivity index (χ1v) is 5.27. The van der Waals surface area contributed by atoms with Crippen LogP contribution in [0.25, 0.3) is 0 Å². The van der Waals surface area contributed by atoms with Crippen LogP contribution >= 0.6 is 27.5 Å². The van der Waals surface area contributed by atoms with Gasteiger partial charge in [0.2, 0.25) is 0 Å². The Morgan fingerprint density at radius 1 is 1.46 bits per heavy atom. The zero-order valence-electron chi connectivity index (χ0n) is 6.80. The molecule has 1 atom stereocenters. The van der Waals surface area contributed by atoms with Crippen LogP contribution in [0.4, 0.5) is 0 Å². The molecule has 0 amide bonds. The molecule has 2 nitrogen and oxygen atoms in total. The Balaban J connectivity index is 2.27. The minimum Gasteiger partial charge on any atom is -0.486 e. The van der Waals surface area contributed by atoms with E-state index < -0.39 is 0 Å². The molecule has 1 heterocycles. The molecule has 0 N–H and O–H groups in total. The van der Waals surface area contributed by atoms with Crippen LogP contribution in [0.3, 0.4) is 0 Å². The van der Waals surface area contributed by atoms with Gasteiger partial charge >= 0.3 is 0 Å². The van der Waals surface area contributed by atoms with E-state index in [1.807, 2.05) is 18.2 Å². The van der Waals surface area contributed by atoms with Gasteiger partial charge in [-0.1, -0.05) is 15.9 Å². The van der Waals surface area contributed by atoms with E-state index >= 15 is 0 Å². The quantitative estimate of drug-likeness (QED) is 0.726. The van der Waals surface area contributed by atoms with Gasteiger partial charge in [0, 0.05) is 4.47 Å². The third-order valence-electron chi connectivity index (χ3n) is 1.80. The third kappa shape index (κ3) is 1.92. The SMILES string of the molecule is ClCC1COc2ccc(Br)cc2O1. The van der Waals surface area contributed by atoms with Crippen molar-refractivity contribution < 1.29 is 9.47 Å². The summed E-state index contributed by atoms with van der Waals surface area (Å²) < 4.78 is 12.0. The summed E-state index contributed by atoms with van der Waals surface area (Å²) >= 11 is 9.03. The Kier molecular flexibility index (Phi) is 2.65. The molecule has 1 aromatic rings. The normalized spacial score (nSPS) is 20.0. The van der Waals surface area contributed by atoms with E-state index in [-0.39, 0.29) is 6.10 Å². The Morgan fingerprint density at radius 3 is 3.08 bits per heavy atom. The first kappa shape index (κ1) is 9.16. The van der Waals surface area contributed by atoms with Gasteiger partial charge < -0.3 is 9.47 Å². The van der Waals surface area contributed by atoms with Crippen molar-refractivity contribution in [2.24, 2.45) is 0 Å². The van der Waals surface area contributed by atoms with Crippen LogP contribution in [-0.4, -0.2) is 18.6 Å². The van der Waals surface area contributed by atoms with E-state index in [4.69, 9.17) is 21.1 Å². The summed E-state index contributed by atoms with van der Waals surface area (Å²) in [5.74, 6) is 1.99. The molecule has 13 heavy (non-hydrogen) atoms. The highest BCUT2D eigenvalue weighted by molar-refractivity contribution is 9.10. The van der Waals surface area contributed by atoms with E-state index in [9.17, 15) is 0 Å². The summed E-state index contributed by atoms with van der Waals surface area (Å²) in [5, 5.41) is 0. The number of ether oxygens (including phenoxy) is 2. The smallest absolute Gasteiger partial charge is 0.162 e. The number of rotatable bonds is 1. The molecule has 70 valence electrons. The molecule has 1 unspecified atom stereocenters. The van der Waals surface area contributed by atoms with Crippen LogP contribution in [0.1, 0.15) is 0 Å². The zero-order chi connectivity index (χ0) is 9.26. The lowest BCUT2D eigenvalue weighted by atomic mass is 10.3. The summed E-state index contributed by atoms with van der Waals surface area (Å²) in [4.78, 5) is 0. The van der Waals surface area contributed by atoms with Crippen molar-refractivity contribution in [1.82, 2.24) is 0 Å². The topological polar surface area (TPSA) is 18.5 Å². The van der Waals surface area contributed by atoms with Crippen LogP contribution in [0.2, 0.25) is 0 Å². The van der Waals surface area contributed by atoms with Gasteiger partial charge in [0.1, 0.15) is 12.7 Å². The van der Waals surface area contributed by atoms with Crippen molar-refractivity contribution in [3.63, 3.8) is 0 Å². The number of hydrogen-bond acceptors (Lipinski definition) is 2. The summed E-state index contributed by atoms with van der Waals surface area (Å²) in [6.45, 7) is 0.526. The van der Waals surface area contributed by atoms with Crippen LogP contribution in [0, 0.1) is 0 Å². The van der Waals surface area contributed by atoms with Crippen molar-refractivity contribution in [1.29, 1.82) is 0 Å². The van der Waals surface area contributed by atoms with Crippen LogP contribution in [-0.2, 0) is 0 Å². The Bertz CT molecular complexity index is 316. The molecule has 0 saturated carbocycles. The fraction of sp³-hybridized carbons (Fsp3) is 0.333. The highest BCUT2D eigenvalue weighted by Gasteiger charge is 2.19. The highest BCUT2D eigenvalue weighted by atomic mass is 79.9. The largest absolute Gasteiger partial charge is 0.486 e. The van der Waals surface area contributed by atoms with E-state index in [0.717, 1.165) is 16.0 Å². The van der Waals surface area contributed by atoms with E-state index in [0.29, 0.717) is 12.5 Å². The van der Waals surface area contributed by atoms with Gasteiger partial charge in [-0.25, -0.2) is 0 Å². The molecule has 0 bridgehead atoms. The standard InChI is InChI=1S/C9H8BrClO2/c10-6-1-2-8-9(3-6)13-7(4-11)5-12-8/h1-3,7H,4-5H2. The molecule has 2 rings (SSSR count). The lowest BCUT2D eigenvalue weighted by Crippen LogP contribution is -2.30. The van der Waals surface area contributed by atoms with Gasteiger partial charge in [-0.2, -0.15) is 0 Å².